The highest BCUT2D eigenvalue weighted by Crippen LogP contribution is 2.18. The van der Waals surface area contributed by atoms with Gasteiger partial charge in [-0.1, -0.05) is 19.8 Å². The first kappa shape index (κ1) is 14.8. The van der Waals surface area contributed by atoms with Gasteiger partial charge in [-0.3, -0.25) is 9.69 Å². The molecule has 2 rings (SSSR count). The van der Waals surface area contributed by atoms with Crippen molar-refractivity contribution in [3.8, 4) is 0 Å². The van der Waals surface area contributed by atoms with E-state index in [-0.39, 0.29) is 11.9 Å². The van der Waals surface area contributed by atoms with Crippen molar-refractivity contribution >= 4 is 5.91 Å². The normalized spacial score (nSPS) is 24.5. The predicted molar refractivity (Wildman–Crippen MR) is 78.2 cm³/mol. The summed E-state index contributed by atoms with van der Waals surface area (Å²) < 4.78 is 0. The zero-order valence-electron chi connectivity index (χ0n) is 12.5. The Bertz CT molecular complexity index is 281. The number of carbonyl (C=O) groups is 1. The number of rotatable bonds is 5. The smallest absolute Gasteiger partial charge is 0.237 e. The Hall–Kier alpha value is -0.610. The molecule has 0 spiro atoms. The van der Waals surface area contributed by atoms with E-state index < -0.39 is 0 Å². The van der Waals surface area contributed by atoms with Gasteiger partial charge in [0.25, 0.3) is 0 Å². The number of hydrogen-bond acceptors (Lipinski definition) is 3. The molecule has 1 atom stereocenters. The second kappa shape index (κ2) is 7.25. The van der Waals surface area contributed by atoms with Crippen LogP contribution in [0.3, 0.4) is 0 Å². The lowest BCUT2D eigenvalue weighted by Gasteiger charge is -2.37. The Morgan fingerprint density at radius 1 is 1.21 bits per heavy atom. The molecule has 2 aliphatic rings. The highest BCUT2D eigenvalue weighted by atomic mass is 16.2. The molecule has 4 nitrogen and oxygen atoms in total. The van der Waals surface area contributed by atoms with Crippen LogP contribution in [0.1, 0.15) is 46.0 Å². The van der Waals surface area contributed by atoms with Crippen LogP contribution in [0.4, 0.5) is 0 Å². The third-order valence-corrected chi connectivity index (χ3v) is 4.58. The van der Waals surface area contributed by atoms with E-state index >= 15 is 0 Å². The SMILES string of the molecule is CCCN1CCN([C@H](C)C(=O)NC2CCCC2)CC1. The molecule has 1 heterocycles. The first-order valence-corrected chi connectivity index (χ1v) is 7.97. The summed E-state index contributed by atoms with van der Waals surface area (Å²) in [5.74, 6) is 0.232. The van der Waals surface area contributed by atoms with Crippen molar-refractivity contribution in [2.24, 2.45) is 0 Å². The summed E-state index contributed by atoms with van der Waals surface area (Å²) >= 11 is 0. The number of carbonyl (C=O) groups excluding carboxylic acids is 1. The van der Waals surface area contributed by atoms with Gasteiger partial charge >= 0.3 is 0 Å². The van der Waals surface area contributed by atoms with Crippen molar-refractivity contribution in [3.05, 3.63) is 0 Å². The van der Waals surface area contributed by atoms with Crippen LogP contribution in [0.15, 0.2) is 0 Å². The second-order valence-electron chi connectivity index (χ2n) is 6.04. The zero-order chi connectivity index (χ0) is 13.7. The van der Waals surface area contributed by atoms with Crippen LogP contribution >= 0.6 is 0 Å². The van der Waals surface area contributed by atoms with Crippen molar-refractivity contribution in [2.45, 2.75) is 58.0 Å². The lowest BCUT2D eigenvalue weighted by atomic mass is 10.2. The average molecular weight is 267 g/mol. The predicted octanol–water partition coefficient (Wildman–Crippen LogP) is 1.46. The van der Waals surface area contributed by atoms with Gasteiger partial charge in [0.15, 0.2) is 0 Å². The van der Waals surface area contributed by atoms with E-state index in [1.165, 1.54) is 38.6 Å². The monoisotopic (exact) mass is 267 g/mol. The third kappa shape index (κ3) is 4.18. The van der Waals surface area contributed by atoms with Crippen molar-refractivity contribution in [2.75, 3.05) is 32.7 Å². The molecule has 0 aromatic carbocycles. The standard InChI is InChI=1S/C15H29N3O/c1-3-8-17-9-11-18(12-10-17)13(2)15(19)16-14-6-4-5-7-14/h13-14H,3-12H2,1-2H3,(H,16,19)/t13-/m1/s1. The minimum absolute atomic E-state index is 0.0318. The number of piperazine rings is 1. The molecule has 0 radical (unpaired) electrons. The van der Waals surface area contributed by atoms with Crippen molar-refractivity contribution in [1.82, 2.24) is 15.1 Å². The quantitative estimate of drug-likeness (QED) is 0.819. The summed E-state index contributed by atoms with van der Waals surface area (Å²) in [6.45, 7) is 9.74. The first-order valence-electron chi connectivity index (χ1n) is 7.97. The second-order valence-corrected chi connectivity index (χ2v) is 6.04. The molecule has 1 amide bonds. The van der Waals surface area contributed by atoms with E-state index in [0.717, 1.165) is 26.2 Å². The minimum Gasteiger partial charge on any atom is -0.352 e. The van der Waals surface area contributed by atoms with Gasteiger partial charge in [0, 0.05) is 32.2 Å². The third-order valence-electron chi connectivity index (χ3n) is 4.58. The first-order chi connectivity index (χ1) is 9.20. The van der Waals surface area contributed by atoms with Gasteiger partial charge in [-0.15, -0.1) is 0 Å². The van der Waals surface area contributed by atoms with Crippen LogP contribution in [0.5, 0.6) is 0 Å². The van der Waals surface area contributed by atoms with Crippen LogP contribution in [-0.2, 0) is 4.79 Å². The average Bonchev–Trinajstić information content (AvgIpc) is 2.92. The minimum atomic E-state index is 0.0318. The van der Waals surface area contributed by atoms with Crippen molar-refractivity contribution < 1.29 is 4.79 Å². The fraction of sp³-hybridized carbons (Fsp3) is 0.933. The Morgan fingerprint density at radius 3 is 2.42 bits per heavy atom. The van der Waals surface area contributed by atoms with Gasteiger partial charge < -0.3 is 10.2 Å². The summed E-state index contributed by atoms with van der Waals surface area (Å²) in [6, 6.07) is 0.473. The molecule has 4 heteroatoms. The van der Waals surface area contributed by atoms with Crippen molar-refractivity contribution in [3.63, 3.8) is 0 Å². The molecule has 1 saturated carbocycles. The van der Waals surface area contributed by atoms with Gasteiger partial charge in [0.2, 0.25) is 5.91 Å². The molecule has 2 fully saturated rings. The lowest BCUT2D eigenvalue weighted by Crippen LogP contribution is -2.54. The molecule has 1 N–H and O–H groups in total. The molecular weight excluding hydrogens is 238 g/mol. The Balaban J connectivity index is 1.73. The number of nitrogens with one attached hydrogen (secondary N) is 1. The molecule has 1 aliphatic heterocycles. The summed E-state index contributed by atoms with van der Waals surface area (Å²) in [5, 5.41) is 3.22. The number of hydrogen-bond donors (Lipinski definition) is 1. The molecular formula is C15H29N3O. The van der Waals surface area contributed by atoms with Crippen LogP contribution in [0.25, 0.3) is 0 Å². The van der Waals surface area contributed by atoms with E-state index in [1.807, 2.05) is 0 Å². The summed E-state index contributed by atoms with van der Waals surface area (Å²) in [7, 11) is 0. The highest BCUT2D eigenvalue weighted by Gasteiger charge is 2.27. The highest BCUT2D eigenvalue weighted by molar-refractivity contribution is 5.81. The van der Waals surface area contributed by atoms with Crippen molar-refractivity contribution in [1.29, 1.82) is 0 Å². The summed E-state index contributed by atoms with van der Waals surface area (Å²) in [5.41, 5.74) is 0. The Kier molecular flexibility index (Phi) is 5.64. The molecule has 0 aromatic rings. The molecule has 1 saturated heterocycles. The number of nitrogens with zero attached hydrogens (tertiary/aromatic N) is 2. The number of amides is 1. The molecule has 19 heavy (non-hydrogen) atoms. The summed E-state index contributed by atoms with van der Waals surface area (Å²) in [6.07, 6.45) is 6.10. The maximum Gasteiger partial charge on any atom is 0.237 e. The Morgan fingerprint density at radius 2 is 1.84 bits per heavy atom. The lowest BCUT2D eigenvalue weighted by molar-refractivity contribution is -0.127. The van der Waals surface area contributed by atoms with Crippen LogP contribution in [0.2, 0.25) is 0 Å². The maximum absolute atomic E-state index is 12.2. The van der Waals surface area contributed by atoms with Gasteiger partial charge in [-0.25, -0.2) is 0 Å². The molecule has 0 aromatic heterocycles. The maximum atomic E-state index is 12.2. The van der Waals surface area contributed by atoms with Gasteiger partial charge in [0.05, 0.1) is 6.04 Å². The van der Waals surface area contributed by atoms with Crippen LogP contribution in [-0.4, -0.2) is 60.5 Å². The van der Waals surface area contributed by atoms with Crippen LogP contribution < -0.4 is 5.32 Å². The zero-order valence-corrected chi connectivity index (χ0v) is 12.5. The fourth-order valence-electron chi connectivity index (χ4n) is 3.25. The van der Waals surface area contributed by atoms with Gasteiger partial charge in [0.1, 0.15) is 0 Å². The molecule has 110 valence electrons. The molecule has 0 bridgehead atoms. The van der Waals surface area contributed by atoms with Gasteiger partial charge in [-0.05, 0) is 32.7 Å². The van der Waals surface area contributed by atoms with E-state index in [9.17, 15) is 4.79 Å². The van der Waals surface area contributed by atoms with E-state index in [2.05, 4.69) is 29.0 Å². The van der Waals surface area contributed by atoms with Gasteiger partial charge in [-0.2, -0.15) is 0 Å². The largest absolute Gasteiger partial charge is 0.352 e. The van der Waals surface area contributed by atoms with E-state index in [1.54, 1.807) is 0 Å². The summed E-state index contributed by atoms with van der Waals surface area (Å²) in [4.78, 5) is 17.1. The fourth-order valence-corrected chi connectivity index (χ4v) is 3.25. The molecule has 1 aliphatic carbocycles. The van der Waals surface area contributed by atoms with Crippen LogP contribution in [0, 0.1) is 0 Å². The van der Waals surface area contributed by atoms with E-state index in [4.69, 9.17) is 0 Å². The van der Waals surface area contributed by atoms with E-state index in [0.29, 0.717) is 6.04 Å². The molecule has 0 unspecified atom stereocenters. The topological polar surface area (TPSA) is 35.6 Å². The Labute approximate surface area is 117 Å².